The first-order valence-corrected chi connectivity index (χ1v) is 10.7. The lowest BCUT2D eigenvalue weighted by Crippen LogP contribution is -2.44. The van der Waals surface area contributed by atoms with Crippen LogP contribution in [0.3, 0.4) is 0 Å². The molecular formula is C22H27N3O3S. The van der Waals surface area contributed by atoms with Crippen LogP contribution in [-0.4, -0.2) is 35.7 Å². The van der Waals surface area contributed by atoms with E-state index in [0.29, 0.717) is 23.5 Å². The predicted octanol–water partition coefficient (Wildman–Crippen LogP) is 3.27. The summed E-state index contributed by atoms with van der Waals surface area (Å²) in [6.07, 6.45) is 3.52. The van der Waals surface area contributed by atoms with Crippen LogP contribution in [0.15, 0.2) is 30.3 Å². The monoisotopic (exact) mass is 413 g/mol. The van der Waals surface area contributed by atoms with Gasteiger partial charge in [0.25, 0.3) is 5.91 Å². The van der Waals surface area contributed by atoms with E-state index in [1.807, 2.05) is 44.2 Å². The summed E-state index contributed by atoms with van der Waals surface area (Å²) in [5.74, 6) is -0.815. The number of hydrogen-bond donors (Lipinski definition) is 2. The lowest BCUT2D eigenvalue weighted by molar-refractivity contribution is -0.140. The molecule has 0 saturated heterocycles. The Labute approximate surface area is 175 Å². The SMILES string of the molecule is Cc1sc(NC(=O)CN(CCc2ccccc2)C(=O)C2CCC2)c(C(N)=O)c1C. The fourth-order valence-electron chi connectivity index (χ4n) is 3.44. The zero-order valence-corrected chi connectivity index (χ0v) is 17.7. The number of nitrogens with two attached hydrogens (primary N) is 1. The largest absolute Gasteiger partial charge is 0.365 e. The first-order chi connectivity index (χ1) is 13.9. The van der Waals surface area contributed by atoms with Crippen molar-refractivity contribution in [3.63, 3.8) is 0 Å². The predicted molar refractivity (Wildman–Crippen MR) is 115 cm³/mol. The first kappa shape index (κ1) is 21.0. The molecule has 154 valence electrons. The molecule has 3 rings (SSSR count). The van der Waals surface area contributed by atoms with Crippen molar-refractivity contribution in [2.24, 2.45) is 11.7 Å². The molecular weight excluding hydrogens is 386 g/mol. The van der Waals surface area contributed by atoms with Gasteiger partial charge in [-0.2, -0.15) is 0 Å². The molecule has 1 aliphatic rings. The molecule has 7 heteroatoms. The number of nitrogens with one attached hydrogen (secondary N) is 1. The van der Waals surface area contributed by atoms with Gasteiger partial charge in [-0.3, -0.25) is 14.4 Å². The van der Waals surface area contributed by atoms with Crippen LogP contribution in [0.4, 0.5) is 5.00 Å². The Morgan fingerprint density at radius 1 is 1.17 bits per heavy atom. The minimum absolute atomic E-state index is 0.0194. The number of rotatable bonds is 8. The van der Waals surface area contributed by atoms with E-state index in [0.717, 1.165) is 35.3 Å². The molecule has 0 atom stereocenters. The van der Waals surface area contributed by atoms with E-state index in [1.54, 1.807) is 4.90 Å². The van der Waals surface area contributed by atoms with E-state index >= 15 is 0 Å². The summed E-state index contributed by atoms with van der Waals surface area (Å²) in [6, 6.07) is 9.92. The smallest absolute Gasteiger partial charge is 0.251 e. The highest BCUT2D eigenvalue weighted by atomic mass is 32.1. The standard InChI is InChI=1S/C22H27N3O3S/c1-14-15(2)29-21(19(14)20(23)27)24-18(26)13-25(22(28)17-9-6-10-17)12-11-16-7-4-3-5-8-16/h3-5,7-8,17H,6,9-13H2,1-2H3,(H2,23,27)(H,24,26). The third-order valence-corrected chi connectivity index (χ3v) is 6.62. The van der Waals surface area contributed by atoms with Gasteiger partial charge in [-0.1, -0.05) is 36.8 Å². The second kappa shape index (κ2) is 9.22. The van der Waals surface area contributed by atoms with Crippen LogP contribution in [0.2, 0.25) is 0 Å². The summed E-state index contributed by atoms with van der Waals surface area (Å²) in [7, 11) is 0. The maximum atomic E-state index is 12.8. The van der Waals surface area contributed by atoms with Gasteiger partial charge in [0, 0.05) is 17.3 Å². The Kier molecular flexibility index (Phi) is 6.69. The summed E-state index contributed by atoms with van der Waals surface area (Å²) >= 11 is 1.33. The number of benzene rings is 1. The van der Waals surface area contributed by atoms with Gasteiger partial charge in [0.1, 0.15) is 5.00 Å². The van der Waals surface area contributed by atoms with E-state index < -0.39 is 5.91 Å². The molecule has 1 aromatic carbocycles. The fourth-order valence-corrected chi connectivity index (χ4v) is 4.52. The molecule has 0 bridgehead atoms. The Balaban J connectivity index is 1.69. The molecule has 2 aromatic rings. The summed E-state index contributed by atoms with van der Waals surface area (Å²) in [6.45, 7) is 4.15. The number of primary amides is 1. The van der Waals surface area contributed by atoms with Crippen molar-refractivity contribution in [3.05, 3.63) is 51.9 Å². The molecule has 1 heterocycles. The van der Waals surface area contributed by atoms with Crippen LogP contribution in [0.5, 0.6) is 0 Å². The van der Waals surface area contributed by atoms with E-state index in [2.05, 4.69) is 5.32 Å². The van der Waals surface area contributed by atoms with E-state index in [1.165, 1.54) is 11.3 Å². The Bertz CT molecular complexity index is 904. The normalized spacial score (nSPS) is 13.6. The van der Waals surface area contributed by atoms with Crippen LogP contribution < -0.4 is 11.1 Å². The van der Waals surface area contributed by atoms with Crippen LogP contribution in [0, 0.1) is 19.8 Å². The second-order valence-electron chi connectivity index (χ2n) is 7.52. The summed E-state index contributed by atoms with van der Waals surface area (Å²) in [4.78, 5) is 39.9. The maximum Gasteiger partial charge on any atom is 0.251 e. The summed E-state index contributed by atoms with van der Waals surface area (Å²) in [5.41, 5.74) is 7.74. The third kappa shape index (κ3) is 5.03. The first-order valence-electron chi connectivity index (χ1n) is 9.89. The molecule has 3 N–H and O–H groups in total. The van der Waals surface area contributed by atoms with Crippen LogP contribution in [-0.2, 0) is 16.0 Å². The fraction of sp³-hybridized carbons (Fsp3) is 0.409. The summed E-state index contributed by atoms with van der Waals surface area (Å²) in [5, 5.41) is 3.25. The molecule has 0 aliphatic heterocycles. The van der Waals surface area contributed by atoms with Gasteiger partial charge in [-0.25, -0.2) is 0 Å². The maximum absolute atomic E-state index is 12.8. The molecule has 0 radical (unpaired) electrons. The Morgan fingerprint density at radius 2 is 1.86 bits per heavy atom. The van der Waals surface area contributed by atoms with Gasteiger partial charge in [0.2, 0.25) is 11.8 Å². The van der Waals surface area contributed by atoms with Crippen molar-refractivity contribution in [2.45, 2.75) is 39.5 Å². The van der Waals surface area contributed by atoms with E-state index in [9.17, 15) is 14.4 Å². The van der Waals surface area contributed by atoms with E-state index in [-0.39, 0.29) is 24.3 Å². The van der Waals surface area contributed by atoms with Gasteiger partial charge in [-0.15, -0.1) is 11.3 Å². The molecule has 0 unspecified atom stereocenters. The van der Waals surface area contributed by atoms with Gasteiger partial charge in [0.15, 0.2) is 0 Å². The van der Waals surface area contributed by atoms with Crippen molar-refractivity contribution in [1.29, 1.82) is 0 Å². The zero-order chi connectivity index (χ0) is 21.0. The molecule has 0 spiro atoms. The minimum Gasteiger partial charge on any atom is -0.365 e. The number of hydrogen-bond acceptors (Lipinski definition) is 4. The molecule has 1 aliphatic carbocycles. The molecule has 29 heavy (non-hydrogen) atoms. The highest BCUT2D eigenvalue weighted by Gasteiger charge is 2.30. The number of thiophene rings is 1. The summed E-state index contributed by atoms with van der Waals surface area (Å²) < 4.78 is 0. The average molecular weight is 414 g/mol. The topological polar surface area (TPSA) is 92.5 Å². The van der Waals surface area contributed by atoms with Crippen molar-refractivity contribution in [2.75, 3.05) is 18.4 Å². The highest BCUT2D eigenvalue weighted by molar-refractivity contribution is 7.16. The molecule has 6 nitrogen and oxygen atoms in total. The molecule has 1 saturated carbocycles. The number of amides is 3. The van der Waals surface area contributed by atoms with Crippen LogP contribution in [0.25, 0.3) is 0 Å². The van der Waals surface area contributed by atoms with Gasteiger partial charge in [-0.05, 0) is 44.2 Å². The number of anilines is 1. The van der Waals surface area contributed by atoms with Crippen molar-refractivity contribution < 1.29 is 14.4 Å². The average Bonchev–Trinajstić information content (AvgIpc) is 2.91. The van der Waals surface area contributed by atoms with Crippen molar-refractivity contribution in [1.82, 2.24) is 4.90 Å². The van der Waals surface area contributed by atoms with Crippen molar-refractivity contribution >= 4 is 34.1 Å². The van der Waals surface area contributed by atoms with Gasteiger partial charge >= 0.3 is 0 Å². The number of aryl methyl sites for hydroxylation is 1. The minimum atomic E-state index is -0.561. The Morgan fingerprint density at radius 3 is 2.45 bits per heavy atom. The lowest BCUT2D eigenvalue weighted by Gasteiger charge is -2.31. The number of carbonyl (C=O) groups excluding carboxylic acids is 3. The lowest BCUT2D eigenvalue weighted by atomic mass is 9.84. The van der Waals surface area contributed by atoms with E-state index in [4.69, 9.17) is 5.73 Å². The van der Waals surface area contributed by atoms with Crippen LogP contribution >= 0.6 is 11.3 Å². The second-order valence-corrected chi connectivity index (χ2v) is 8.75. The Hall–Kier alpha value is -2.67. The van der Waals surface area contributed by atoms with Gasteiger partial charge in [0.05, 0.1) is 12.1 Å². The third-order valence-electron chi connectivity index (χ3n) is 5.50. The van der Waals surface area contributed by atoms with Crippen molar-refractivity contribution in [3.8, 4) is 0 Å². The van der Waals surface area contributed by atoms with Crippen LogP contribution in [0.1, 0.15) is 45.6 Å². The quantitative estimate of drug-likeness (QED) is 0.696. The number of carbonyl (C=O) groups is 3. The molecule has 3 amide bonds. The number of nitrogens with zero attached hydrogens (tertiary/aromatic N) is 1. The van der Waals surface area contributed by atoms with Gasteiger partial charge < -0.3 is 16.0 Å². The highest BCUT2D eigenvalue weighted by Crippen LogP contribution is 2.32. The zero-order valence-electron chi connectivity index (χ0n) is 16.9. The molecule has 1 fully saturated rings. The molecule has 1 aromatic heterocycles.